The molecule has 21 heavy (non-hydrogen) atoms. The van der Waals surface area contributed by atoms with Crippen LogP contribution in [0, 0.1) is 0 Å². The van der Waals surface area contributed by atoms with Gasteiger partial charge in [0.1, 0.15) is 5.84 Å². The number of aliphatic imine (C=N–C) groups is 1. The Bertz CT molecular complexity index is 468. The van der Waals surface area contributed by atoms with Crippen molar-refractivity contribution in [1.29, 1.82) is 0 Å². The zero-order valence-corrected chi connectivity index (χ0v) is 13.9. The lowest BCUT2D eigenvalue weighted by Crippen LogP contribution is -2.33. The Morgan fingerprint density at radius 1 is 0.952 bits per heavy atom. The number of nitrogens with zero attached hydrogens (tertiary/aromatic N) is 1. The van der Waals surface area contributed by atoms with Crippen LogP contribution in [0.2, 0.25) is 0 Å². The minimum Gasteiger partial charge on any atom is -0.344 e. The molecule has 0 saturated carbocycles. The molecule has 1 aromatic carbocycles. The van der Waals surface area contributed by atoms with Crippen LogP contribution in [0.15, 0.2) is 29.3 Å². The molecule has 2 nitrogen and oxygen atoms in total. The Labute approximate surface area is 130 Å². The van der Waals surface area contributed by atoms with E-state index in [4.69, 9.17) is 4.99 Å². The minimum absolute atomic E-state index is 0.0123. The summed E-state index contributed by atoms with van der Waals surface area (Å²) in [4.78, 5) is 5.22. The molecule has 1 aliphatic rings. The van der Waals surface area contributed by atoms with Gasteiger partial charge in [-0.2, -0.15) is 0 Å². The number of unbranched alkanes of at least 4 members (excludes halogenated alkanes) is 2. The topological polar surface area (TPSA) is 24.4 Å². The first-order valence-corrected chi connectivity index (χ1v) is 8.71. The third-order valence-corrected chi connectivity index (χ3v) is 4.43. The Morgan fingerprint density at radius 3 is 2.24 bits per heavy atom. The van der Waals surface area contributed by atoms with Gasteiger partial charge in [-0.3, -0.25) is 4.99 Å². The molecule has 0 aromatic heterocycles. The molecular formula is C19H30N2. The molecule has 116 valence electrons. The fourth-order valence-electron chi connectivity index (χ4n) is 3.30. The second kappa shape index (κ2) is 7.63. The van der Waals surface area contributed by atoms with Crippen molar-refractivity contribution in [1.82, 2.24) is 0 Å². The molecule has 2 heteroatoms. The molecule has 0 bridgehead atoms. The number of anilines is 1. The molecule has 0 atom stereocenters. The number of amidine groups is 1. The molecule has 0 saturated heterocycles. The molecule has 0 radical (unpaired) electrons. The van der Waals surface area contributed by atoms with Crippen molar-refractivity contribution in [2.24, 2.45) is 4.99 Å². The molecule has 0 aliphatic carbocycles. The zero-order valence-electron chi connectivity index (χ0n) is 13.9. The second-order valence-electron chi connectivity index (χ2n) is 6.22. The Hall–Kier alpha value is -1.31. The third-order valence-electron chi connectivity index (χ3n) is 4.43. The average Bonchev–Trinajstić information content (AvgIpc) is 2.51. The van der Waals surface area contributed by atoms with Crippen molar-refractivity contribution in [2.45, 2.75) is 77.7 Å². The van der Waals surface area contributed by atoms with Crippen molar-refractivity contribution in [3.8, 4) is 0 Å². The summed E-state index contributed by atoms with van der Waals surface area (Å²) in [5.41, 5.74) is 2.70. The number of hydrogen-bond acceptors (Lipinski definition) is 2. The van der Waals surface area contributed by atoms with E-state index in [1.807, 2.05) is 0 Å². The summed E-state index contributed by atoms with van der Waals surface area (Å²) in [6, 6.07) is 8.78. The summed E-state index contributed by atoms with van der Waals surface area (Å²) in [5, 5.41) is 3.56. The molecule has 1 aromatic rings. The predicted octanol–water partition coefficient (Wildman–Crippen LogP) is 5.89. The summed E-state index contributed by atoms with van der Waals surface area (Å²) in [5.74, 6) is 1.18. The quantitative estimate of drug-likeness (QED) is 0.633. The van der Waals surface area contributed by atoms with Gasteiger partial charge in [-0.15, -0.1) is 0 Å². The van der Waals surface area contributed by atoms with Gasteiger partial charge in [0, 0.05) is 17.7 Å². The molecule has 1 N–H and O–H groups in total. The average molecular weight is 286 g/mol. The van der Waals surface area contributed by atoms with Crippen LogP contribution in [0.5, 0.6) is 0 Å². The zero-order chi connectivity index (χ0) is 15.1. The van der Waals surface area contributed by atoms with E-state index in [2.05, 4.69) is 50.4 Å². The number of hydrogen-bond donors (Lipinski definition) is 1. The van der Waals surface area contributed by atoms with Crippen LogP contribution >= 0.6 is 0 Å². The van der Waals surface area contributed by atoms with Crippen molar-refractivity contribution in [2.75, 3.05) is 5.32 Å². The number of fused-ring (bicyclic) bond motifs is 1. The highest BCUT2D eigenvalue weighted by Gasteiger charge is 2.35. The third kappa shape index (κ3) is 3.66. The van der Waals surface area contributed by atoms with Gasteiger partial charge in [-0.25, -0.2) is 0 Å². The highest BCUT2D eigenvalue weighted by Crippen LogP contribution is 2.43. The van der Waals surface area contributed by atoms with E-state index >= 15 is 0 Å². The van der Waals surface area contributed by atoms with E-state index in [9.17, 15) is 0 Å². The van der Waals surface area contributed by atoms with Crippen LogP contribution in [0.4, 0.5) is 5.69 Å². The lowest BCUT2D eigenvalue weighted by Gasteiger charge is -2.37. The molecule has 1 aliphatic heterocycles. The van der Waals surface area contributed by atoms with E-state index in [-0.39, 0.29) is 5.54 Å². The highest BCUT2D eigenvalue weighted by atomic mass is 15.1. The first-order chi connectivity index (χ1) is 10.3. The van der Waals surface area contributed by atoms with Gasteiger partial charge in [0.05, 0.1) is 5.54 Å². The Kier molecular flexibility index (Phi) is 5.84. The highest BCUT2D eigenvalue weighted by molar-refractivity contribution is 5.98. The number of para-hydroxylation sites is 1. The van der Waals surface area contributed by atoms with Crippen LogP contribution in [0.25, 0.3) is 0 Å². The number of rotatable bonds is 8. The molecule has 0 fully saturated rings. The Balaban J connectivity index is 2.41. The largest absolute Gasteiger partial charge is 0.344 e. The van der Waals surface area contributed by atoms with Gasteiger partial charge in [-0.05, 0) is 25.3 Å². The maximum absolute atomic E-state index is 5.22. The summed E-state index contributed by atoms with van der Waals surface area (Å²) < 4.78 is 0. The molecule has 0 amide bonds. The molecule has 0 unspecified atom stereocenters. The van der Waals surface area contributed by atoms with Gasteiger partial charge in [0.2, 0.25) is 0 Å². The maximum atomic E-state index is 5.22. The lowest BCUT2D eigenvalue weighted by molar-refractivity contribution is 0.355. The molecular weight excluding hydrogens is 256 g/mol. The summed E-state index contributed by atoms with van der Waals surface area (Å²) in [6.07, 6.45) is 9.52. The van der Waals surface area contributed by atoms with Crippen LogP contribution < -0.4 is 5.32 Å². The van der Waals surface area contributed by atoms with Crippen LogP contribution in [0.3, 0.4) is 0 Å². The standard InChI is InChI=1S/C19H30N2/c1-4-7-14-19(15-8-5-2)16-12-9-10-13-17(16)20-18(21-19)11-6-3/h9-10,12-13H,4-8,11,14-15H2,1-3H3,(H,20,21). The lowest BCUT2D eigenvalue weighted by atomic mass is 9.79. The van der Waals surface area contributed by atoms with Gasteiger partial charge >= 0.3 is 0 Å². The van der Waals surface area contributed by atoms with Gasteiger partial charge < -0.3 is 5.32 Å². The summed E-state index contributed by atoms with van der Waals surface area (Å²) >= 11 is 0. The van der Waals surface area contributed by atoms with E-state index in [1.54, 1.807) is 0 Å². The molecule has 1 heterocycles. The fraction of sp³-hybridized carbons (Fsp3) is 0.632. The van der Waals surface area contributed by atoms with E-state index < -0.39 is 0 Å². The minimum atomic E-state index is 0.0123. The smallest absolute Gasteiger partial charge is 0.102 e. The molecule has 2 rings (SSSR count). The first kappa shape index (κ1) is 16.1. The maximum Gasteiger partial charge on any atom is 0.102 e. The Morgan fingerprint density at radius 2 is 1.62 bits per heavy atom. The fourth-order valence-corrected chi connectivity index (χ4v) is 3.30. The second-order valence-corrected chi connectivity index (χ2v) is 6.22. The van der Waals surface area contributed by atoms with Crippen molar-refractivity contribution in [3.05, 3.63) is 29.8 Å². The van der Waals surface area contributed by atoms with E-state index in [0.717, 1.165) is 12.8 Å². The normalized spacial score (nSPS) is 16.0. The van der Waals surface area contributed by atoms with Crippen LogP contribution in [-0.2, 0) is 5.54 Å². The predicted molar refractivity (Wildman–Crippen MR) is 93.1 cm³/mol. The first-order valence-electron chi connectivity index (χ1n) is 8.71. The van der Waals surface area contributed by atoms with Gasteiger partial charge in [0.15, 0.2) is 0 Å². The van der Waals surface area contributed by atoms with Gasteiger partial charge in [-0.1, -0.05) is 64.7 Å². The summed E-state index contributed by atoms with van der Waals surface area (Å²) in [7, 11) is 0. The summed E-state index contributed by atoms with van der Waals surface area (Å²) in [6.45, 7) is 6.78. The van der Waals surface area contributed by atoms with Crippen molar-refractivity contribution in [3.63, 3.8) is 0 Å². The van der Waals surface area contributed by atoms with Crippen molar-refractivity contribution >= 4 is 11.5 Å². The monoisotopic (exact) mass is 286 g/mol. The molecule has 0 spiro atoms. The number of nitrogens with one attached hydrogen (secondary N) is 1. The SMILES string of the molecule is CCCCC1(CCCC)N=C(CCC)Nc2ccccc21. The van der Waals surface area contributed by atoms with E-state index in [0.29, 0.717) is 0 Å². The van der Waals surface area contributed by atoms with Crippen molar-refractivity contribution < 1.29 is 0 Å². The number of benzene rings is 1. The van der Waals surface area contributed by atoms with Crippen LogP contribution in [0.1, 0.15) is 77.7 Å². The van der Waals surface area contributed by atoms with Crippen LogP contribution in [-0.4, -0.2) is 5.84 Å². The van der Waals surface area contributed by atoms with E-state index in [1.165, 1.54) is 55.6 Å². The van der Waals surface area contributed by atoms with Gasteiger partial charge in [0.25, 0.3) is 0 Å².